The van der Waals surface area contributed by atoms with E-state index >= 15 is 0 Å². The first-order valence-electron chi connectivity index (χ1n) is 10.5. The summed E-state index contributed by atoms with van der Waals surface area (Å²) in [7, 11) is 0. The second kappa shape index (κ2) is 12.2. The molecule has 0 atom stereocenters. The average Bonchev–Trinajstić information content (AvgIpc) is 2.83. The van der Waals surface area contributed by atoms with Crippen LogP contribution < -0.4 is 15.4 Å². The number of hydrogen-bond acceptors (Lipinski definition) is 5. The lowest BCUT2D eigenvalue weighted by Crippen LogP contribution is -2.20. The van der Waals surface area contributed by atoms with Crippen molar-refractivity contribution < 1.29 is 23.9 Å². The summed E-state index contributed by atoms with van der Waals surface area (Å²) < 4.78 is 9.68. The molecule has 3 aromatic carbocycles. The zero-order chi connectivity index (χ0) is 24.3. The Morgan fingerprint density at radius 2 is 1.65 bits per heavy atom. The summed E-state index contributed by atoms with van der Waals surface area (Å²) in [6, 6.07) is 20.5. The number of hydrogen-bond donors (Lipinski definition) is 2. The SMILES string of the molecule is CCOC(=O)Oc1ccc(C(=O)Nc2ccc(CNC(=O)/C=C/c3ccccc3Cl)cc2)cc1. The van der Waals surface area contributed by atoms with Gasteiger partial charge in [-0.05, 0) is 66.6 Å². The van der Waals surface area contributed by atoms with Crippen molar-refractivity contribution >= 4 is 41.3 Å². The first-order valence-corrected chi connectivity index (χ1v) is 10.9. The maximum absolute atomic E-state index is 12.4. The average molecular weight is 479 g/mol. The van der Waals surface area contributed by atoms with Crippen LogP contribution in [0, 0.1) is 0 Å². The molecule has 0 radical (unpaired) electrons. The van der Waals surface area contributed by atoms with Crippen molar-refractivity contribution in [1.82, 2.24) is 5.32 Å². The van der Waals surface area contributed by atoms with Gasteiger partial charge in [0.25, 0.3) is 5.91 Å². The fourth-order valence-corrected chi connectivity index (χ4v) is 3.05. The summed E-state index contributed by atoms with van der Waals surface area (Å²) in [5, 5.41) is 6.17. The molecule has 0 aliphatic carbocycles. The highest BCUT2D eigenvalue weighted by molar-refractivity contribution is 6.32. The summed E-state index contributed by atoms with van der Waals surface area (Å²) in [5.41, 5.74) is 2.64. The molecule has 7 nitrogen and oxygen atoms in total. The largest absolute Gasteiger partial charge is 0.513 e. The Bertz CT molecular complexity index is 1170. The van der Waals surface area contributed by atoms with E-state index in [0.29, 0.717) is 22.8 Å². The molecule has 0 saturated heterocycles. The Balaban J connectivity index is 1.48. The van der Waals surface area contributed by atoms with Gasteiger partial charge in [-0.1, -0.05) is 41.9 Å². The molecular weight excluding hydrogens is 456 g/mol. The van der Waals surface area contributed by atoms with Gasteiger partial charge in [-0.25, -0.2) is 4.79 Å². The number of halogens is 1. The highest BCUT2D eigenvalue weighted by Gasteiger charge is 2.09. The van der Waals surface area contributed by atoms with Crippen LogP contribution in [0.2, 0.25) is 5.02 Å². The lowest BCUT2D eigenvalue weighted by atomic mass is 10.1. The Morgan fingerprint density at radius 3 is 2.32 bits per heavy atom. The van der Waals surface area contributed by atoms with Gasteiger partial charge in [0.05, 0.1) is 6.61 Å². The second-order valence-electron chi connectivity index (χ2n) is 7.03. The van der Waals surface area contributed by atoms with Gasteiger partial charge in [0.15, 0.2) is 0 Å². The summed E-state index contributed by atoms with van der Waals surface area (Å²) in [6.07, 6.45) is 2.29. The Kier molecular flexibility index (Phi) is 8.82. The molecule has 0 aromatic heterocycles. The van der Waals surface area contributed by atoms with E-state index < -0.39 is 6.16 Å². The van der Waals surface area contributed by atoms with E-state index in [1.54, 1.807) is 43.3 Å². The van der Waals surface area contributed by atoms with E-state index in [4.69, 9.17) is 21.1 Å². The number of ether oxygens (including phenoxy) is 2. The number of rotatable bonds is 8. The lowest BCUT2D eigenvalue weighted by molar-refractivity contribution is -0.116. The van der Waals surface area contributed by atoms with E-state index in [-0.39, 0.29) is 24.2 Å². The van der Waals surface area contributed by atoms with Crippen LogP contribution in [0.15, 0.2) is 78.9 Å². The van der Waals surface area contributed by atoms with Gasteiger partial charge in [0, 0.05) is 28.9 Å². The van der Waals surface area contributed by atoms with Gasteiger partial charge >= 0.3 is 6.16 Å². The Hall–Kier alpha value is -4.10. The Labute approximate surface area is 202 Å². The van der Waals surface area contributed by atoms with Crippen LogP contribution in [0.5, 0.6) is 5.75 Å². The minimum atomic E-state index is -0.799. The number of benzene rings is 3. The third kappa shape index (κ3) is 7.50. The van der Waals surface area contributed by atoms with Crippen molar-refractivity contribution in [3.63, 3.8) is 0 Å². The maximum Gasteiger partial charge on any atom is 0.513 e. The number of amides is 2. The molecular formula is C26H23ClN2O5. The first kappa shape index (κ1) is 24.5. The predicted molar refractivity (Wildman–Crippen MR) is 131 cm³/mol. The first-order chi connectivity index (χ1) is 16.4. The normalized spacial score (nSPS) is 10.5. The molecule has 0 fully saturated rings. The van der Waals surface area contributed by atoms with Gasteiger partial charge in [-0.15, -0.1) is 0 Å². The van der Waals surface area contributed by atoms with E-state index in [9.17, 15) is 14.4 Å². The van der Waals surface area contributed by atoms with Crippen LogP contribution in [0.25, 0.3) is 6.08 Å². The summed E-state index contributed by atoms with van der Waals surface area (Å²) in [4.78, 5) is 35.8. The molecule has 0 unspecified atom stereocenters. The fourth-order valence-electron chi connectivity index (χ4n) is 2.85. The maximum atomic E-state index is 12.4. The van der Waals surface area contributed by atoms with Crippen molar-refractivity contribution in [3.05, 3.63) is 101 Å². The number of carbonyl (C=O) groups excluding carboxylic acids is 3. The topological polar surface area (TPSA) is 93.7 Å². The number of nitrogens with one attached hydrogen (secondary N) is 2. The quantitative estimate of drug-likeness (QED) is 0.255. The monoisotopic (exact) mass is 478 g/mol. The minimum Gasteiger partial charge on any atom is -0.434 e. The third-order valence-corrected chi connectivity index (χ3v) is 4.92. The molecule has 0 bridgehead atoms. The molecule has 0 heterocycles. The molecule has 0 spiro atoms. The molecule has 3 aromatic rings. The van der Waals surface area contributed by atoms with Crippen LogP contribution in [0.1, 0.15) is 28.4 Å². The van der Waals surface area contributed by atoms with Gasteiger partial charge < -0.3 is 20.1 Å². The van der Waals surface area contributed by atoms with Crippen molar-refractivity contribution in [1.29, 1.82) is 0 Å². The third-order valence-electron chi connectivity index (χ3n) is 4.58. The molecule has 3 rings (SSSR count). The van der Waals surface area contributed by atoms with Crippen LogP contribution >= 0.6 is 11.6 Å². The van der Waals surface area contributed by atoms with E-state index in [1.165, 1.54) is 18.2 Å². The second-order valence-corrected chi connectivity index (χ2v) is 7.44. The van der Waals surface area contributed by atoms with Gasteiger partial charge in [0.2, 0.25) is 5.91 Å². The molecule has 2 N–H and O–H groups in total. The molecule has 0 saturated carbocycles. The highest BCUT2D eigenvalue weighted by Crippen LogP contribution is 2.17. The smallest absolute Gasteiger partial charge is 0.434 e. The van der Waals surface area contributed by atoms with Crippen molar-refractivity contribution in [2.24, 2.45) is 0 Å². The van der Waals surface area contributed by atoms with Gasteiger partial charge in [-0.3, -0.25) is 9.59 Å². The molecule has 0 aliphatic rings. The van der Waals surface area contributed by atoms with E-state index in [2.05, 4.69) is 10.6 Å². The molecule has 2 amide bonds. The molecule has 34 heavy (non-hydrogen) atoms. The zero-order valence-electron chi connectivity index (χ0n) is 18.4. The van der Waals surface area contributed by atoms with Gasteiger partial charge in [0.1, 0.15) is 5.75 Å². The van der Waals surface area contributed by atoms with Crippen molar-refractivity contribution in [2.75, 3.05) is 11.9 Å². The molecule has 0 aliphatic heterocycles. The van der Waals surface area contributed by atoms with Crippen molar-refractivity contribution in [3.8, 4) is 5.75 Å². The summed E-state index contributed by atoms with van der Waals surface area (Å²) in [5.74, 6) is -0.274. The number of carbonyl (C=O) groups is 3. The van der Waals surface area contributed by atoms with Crippen LogP contribution in [0.4, 0.5) is 10.5 Å². The molecule has 8 heteroatoms. The lowest BCUT2D eigenvalue weighted by Gasteiger charge is -2.08. The predicted octanol–water partition coefficient (Wildman–Crippen LogP) is 5.46. The van der Waals surface area contributed by atoms with Gasteiger partial charge in [-0.2, -0.15) is 0 Å². The highest BCUT2D eigenvalue weighted by atomic mass is 35.5. The number of anilines is 1. The minimum absolute atomic E-state index is 0.213. The van der Waals surface area contributed by atoms with Crippen LogP contribution in [-0.4, -0.2) is 24.6 Å². The van der Waals surface area contributed by atoms with Crippen LogP contribution in [-0.2, 0) is 16.1 Å². The summed E-state index contributed by atoms with van der Waals surface area (Å²) >= 11 is 6.07. The van der Waals surface area contributed by atoms with Crippen molar-refractivity contribution in [2.45, 2.75) is 13.5 Å². The zero-order valence-corrected chi connectivity index (χ0v) is 19.2. The fraction of sp³-hybridized carbons (Fsp3) is 0.115. The van der Waals surface area contributed by atoms with Crippen LogP contribution in [0.3, 0.4) is 0 Å². The standard InChI is InChI=1S/C26H23ClN2O5/c1-2-33-26(32)34-22-14-9-20(10-15-22)25(31)29-21-12-7-18(8-13-21)17-28-24(30)16-11-19-5-3-4-6-23(19)27/h3-16H,2,17H2,1H3,(H,28,30)(H,29,31)/b16-11+. The molecule has 174 valence electrons. The Morgan fingerprint density at radius 1 is 0.941 bits per heavy atom. The van der Waals surface area contributed by atoms with E-state index in [1.807, 2.05) is 30.3 Å². The van der Waals surface area contributed by atoms with E-state index in [0.717, 1.165) is 11.1 Å². The summed E-state index contributed by atoms with van der Waals surface area (Å²) in [6.45, 7) is 2.23.